The minimum Gasteiger partial charge on any atom is -0.362 e. The van der Waals surface area contributed by atoms with Gasteiger partial charge >= 0.3 is 0 Å². The van der Waals surface area contributed by atoms with Crippen LogP contribution in [0.5, 0.6) is 0 Å². The molecule has 0 saturated carbocycles. The summed E-state index contributed by atoms with van der Waals surface area (Å²) in [5, 5.41) is 4.85. The van der Waals surface area contributed by atoms with Crippen molar-refractivity contribution in [1.29, 1.82) is 0 Å². The van der Waals surface area contributed by atoms with E-state index in [4.69, 9.17) is 0 Å². The largest absolute Gasteiger partial charge is 0.362 e. The van der Waals surface area contributed by atoms with E-state index in [9.17, 15) is 13.2 Å². The van der Waals surface area contributed by atoms with Crippen molar-refractivity contribution >= 4 is 38.2 Å². The van der Waals surface area contributed by atoms with Crippen molar-refractivity contribution in [2.24, 2.45) is 4.40 Å². The van der Waals surface area contributed by atoms with Crippen LogP contribution >= 0.6 is 0 Å². The molecule has 1 N–H and O–H groups in total. The molecule has 0 spiro atoms. The SMILES string of the molecule is CN1CCC/C1=N\S(=O)(=O)c1ccc(NC(=O)c2ccc3ccccc3c2)cc1. The number of amidine groups is 1. The van der Waals surface area contributed by atoms with E-state index in [2.05, 4.69) is 9.71 Å². The first kappa shape index (κ1) is 19.1. The molecule has 7 heteroatoms. The van der Waals surface area contributed by atoms with Crippen molar-refractivity contribution in [3.8, 4) is 0 Å². The lowest BCUT2D eigenvalue weighted by atomic mass is 10.1. The Balaban J connectivity index is 1.51. The first-order valence-electron chi connectivity index (χ1n) is 9.38. The van der Waals surface area contributed by atoms with Crippen molar-refractivity contribution in [3.05, 3.63) is 72.3 Å². The number of amides is 1. The van der Waals surface area contributed by atoms with Gasteiger partial charge in [-0.25, -0.2) is 0 Å². The van der Waals surface area contributed by atoms with Crippen LogP contribution in [0.3, 0.4) is 0 Å². The van der Waals surface area contributed by atoms with Gasteiger partial charge in [0.15, 0.2) is 0 Å². The minimum atomic E-state index is -3.76. The number of likely N-dealkylation sites (tertiary alicyclic amines) is 1. The maximum Gasteiger partial charge on any atom is 0.283 e. The molecule has 0 atom stereocenters. The fraction of sp³-hybridized carbons (Fsp3) is 0.182. The van der Waals surface area contributed by atoms with E-state index < -0.39 is 10.0 Å². The molecule has 1 heterocycles. The number of hydrogen-bond acceptors (Lipinski definition) is 3. The maximum absolute atomic E-state index is 12.5. The van der Waals surface area contributed by atoms with Crippen LogP contribution in [-0.4, -0.2) is 38.7 Å². The number of fused-ring (bicyclic) bond motifs is 1. The third-order valence-electron chi connectivity index (χ3n) is 4.98. The van der Waals surface area contributed by atoms with Crippen molar-refractivity contribution in [1.82, 2.24) is 4.90 Å². The monoisotopic (exact) mass is 407 g/mol. The number of carbonyl (C=O) groups excluding carboxylic acids is 1. The Hall–Kier alpha value is -3.19. The van der Waals surface area contributed by atoms with Gasteiger partial charge in [0, 0.05) is 31.3 Å². The van der Waals surface area contributed by atoms with E-state index in [0.717, 1.165) is 23.7 Å². The van der Waals surface area contributed by atoms with E-state index in [1.54, 1.807) is 18.2 Å². The standard InChI is InChI=1S/C22H21N3O3S/c1-25-14-4-7-21(25)24-29(27,28)20-12-10-19(11-13-20)23-22(26)18-9-8-16-5-2-3-6-17(16)15-18/h2-3,5-6,8-13,15H,4,7,14H2,1H3,(H,23,26)/b24-21+. The third-order valence-corrected chi connectivity index (χ3v) is 6.30. The number of nitrogens with zero attached hydrogens (tertiary/aromatic N) is 2. The van der Waals surface area contributed by atoms with Crippen LogP contribution in [0.2, 0.25) is 0 Å². The first-order chi connectivity index (χ1) is 13.9. The van der Waals surface area contributed by atoms with Crippen molar-refractivity contribution in [3.63, 3.8) is 0 Å². The molecule has 1 aliphatic heterocycles. The molecule has 1 saturated heterocycles. The number of sulfonamides is 1. The summed E-state index contributed by atoms with van der Waals surface area (Å²) in [6.07, 6.45) is 1.57. The number of benzene rings is 3. The Bertz CT molecular complexity index is 1200. The van der Waals surface area contributed by atoms with Crippen LogP contribution in [-0.2, 0) is 10.0 Å². The molecule has 1 fully saturated rings. The Labute approximate surface area is 169 Å². The molecule has 3 aromatic rings. The van der Waals surface area contributed by atoms with Crippen LogP contribution in [0.1, 0.15) is 23.2 Å². The Morgan fingerprint density at radius 3 is 2.41 bits per heavy atom. The molecule has 1 amide bonds. The topological polar surface area (TPSA) is 78.8 Å². The molecule has 0 aromatic heterocycles. The van der Waals surface area contributed by atoms with Gasteiger partial charge in [-0.2, -0.15) is 8.42 Å². The van der Waals surface area contributed by atoms with Gasteiger partial charge in [-0.1, -0.05) is 30.3 Å². The van der Waals surface area contributed by atoms with Crippen LogP contribution < -0.4 is 5.32 Å². The van der Waals surface area contributed by atoms with Crippen molar-refractivity contribution in [2.75, 3.05) is 18.9 Å². The van der Waals surface area contributed by atoms with Crippen LogP contribution in [0.25, 0.3) is 10.8 Å². The van der Waals surface area contributed by atoms with E-state index in [0.29, 0.717) is 23.5 Å². The Morgan fingerprint density at radius 2 is 1.72 bits per heavy atom. The molecule has 4 rings (SSSR count). The molecule has 6 nitrogen and oxygen atoms in total. The summed E-state index contributed by atoms with van der Waals surface area (Å²) in [6, 6.07) is 19.4. The fourth-order valence-corrected chi connectivity index (χ4v) is 4.44. The summed E-state index contributed by atoms with van der Waals surface area (Å²) in [7, 11) is -1.92. The average molecular weight is 407 g/mol. The number of carbonyl (C=O) groups is 1. The van der Waals surface area contributed by atoms with Gasteiger partial charge in [-0.3, -0.25) is 4.79 Å². The van der Waals surface area contributed by atoms with E-state index >= 15 is 0 Å². The van der Waals surface area contributed by atoms with Gasteiger partial charge in [-0.15, -0.1) is 4.40 Å². The summed E-state index contributed by atoms with van der Waals surface area (Å²) in [5.41, 5.74) is 1.06. The van der Waals surface area contributed by atoms with Crippen molar-refractivity contribution in [2.45, 2.75) is 17.7 Å². The van der Waals surface area contributed by atoms with E-state index in [1.807, 2.05) is 48.3 Å². The van der Waals surface area contributed by atoms with Gasteiger partial charge in [0.25, 0.3) is 15.9 Å². The fourth-order valence-electron chi connectivity index (χ4n) is 3.35. The molecule has 0 radical (unpaired) electrons. The quantitative estimate of drug-likeness (QED) is 0.711. The van der Waals surface area contributed by atoms with E-state index in [-0.39, 0.29) is 10.8 Å². The van der Waals surface area contributed by atoms with Gasteiger partial charge in [0.1, 0.15) is 5.84 Å². The molecular weight excluding hydrogens is 386 g/mol. The summed E-state index contributed by atoms with van der Waals surface area (Å²) >= 11 is 0. The molecule has 3 aromatic carbocycles. The second kappa shape index (κ2) is 7.67. The minimum absolute atomic E-state index is 0.106. The molecule has 0 unspecified atom stereocenters. The second-order valence-electron chi connectivity index (χ2n) is 7.05. The number of hydrogen-bond donors (Lipinski definition) is 1. The number of anilines is 1. The predicted octanol–water partition coefficient (Wildman–Crippen LogP) is 3.90. The highest BCUT2D eigenvalue weighted by Crippen LogP contribution is 2.20. The van der Waals surface area contributed by atoms with Gasteiger partial charge in [-0.05, 0) is 53.6 Å². The number of rotatable bonds is 4. The van der Waals surface area contributed by atoms with Crippen molar-refractivity contribution < 1.29 is 13.2 Å². The average Bonchev–Trinajstić information content (AvgIpc) is 3.12. The summed E-state index contributed by atoms with van der Waals surface area (Å²) in [6.45, 7) is 0.814. The summed E-state index contributed by atoms with van der Waals surface area (Å²) < 4.78 is 29.0. The molecule has 0 bridgehead atoms. The lowest BCUT2D eigenvalue weighted by Gasteiger charge is -2.11. The van der Waals surface area contributed by atoms with Gasteiger partial charge in [0.05, 0.1) is 4.90 Å². The molecule has 148 valence electrons. The molecule has 0 aliphatic carbocycles. The molecule has 1 aliphatic rings. The summed E-state index contributed by atoms with van der Waals surface area (Å²) in [5.74, 6) is 0.331. The number of nitrogens with one attached hydrogen (secondary N) is 1. The van der Waals surface area contributed by atoms with Crippen LogP contribution in [0.4, 0.5) is 5.69 Å². The van der Waals surface area contributed by atoms with E-state index in [1.165, 1.54) is 12.1 Å². The van der Waals surface area contributed by atoms with Gasteiger partial charge < -0.3 is 10.2 Å². The normalized spacial score (nSPS) is 15.8. The maximum atomic E-state index is 12.5. The zero-order valence-corrected chi connectivity index (χ0v) is 16.8. The highest BCUT2D eigenvalue weighted by atomic mass is 32.2. The van der Waals surface area contributed by atoms with Crippen LogP contribution in [0.15, 0.2) is 76.0 Å². The van der Waals surface area contributed by atoms with Gasteiger partial charge in [0.2, 0.25) is 0 Å². The highest BCUT2D eigenvalue weighted by Gasteiger charge is 2.20. The first-order valence-corrected chi connectivity index (χ1v) is 10.8. The Kier molecular flexibility index (Phi) is 5.07. The zero-order chi connectivity index (χ0) is 20.4. The zero-order valence-electron chi connectivity index (χ0n) is 16.0. The molecule has 29 heavy (non-hydrogen) atoms. The lowest BCUT2D eigenvalue weighted by Crippen LogP contribution is -2.20. The second-order valence-corrected chi connectivity index (χ2v) is 8.65. The lowest BCUT2D eigenvalue weighted by molar-refractivity contribution is 0.102. The highest BCUT2D eigenvalue weighted by molar-refractivity contribution is 7.90. The summed E-state index contributed by atoms with van der Waals surface area (Å²) in [4.78, 5) is 14.5. The predicted molar refractivity (Wildman–Crippen MR) is 115 cm³/mol. The third kappa shape index (κ3) is 4.14. The smallest absolute Gasteiger partial charge is 0.283 e. The molecular formula is C22H21N3O3S. The Morgan fingerprint density at radius 1 is 1.00 bits per heavy atom. The van der Waals surface area contributed by atoms with Crippen LogP contribution in [0, 0.1) is 0 Å².